The van der Waals surface area contributed by atoms with Gasteiger partial charge in [-0.25, -0.2) is 0 Å². The van der Waals surface area contributed by atoms with Crippen LogP contribution in [-0.2, 0) is 14.3 Å². The number of aliphatic carboxylic acids is 1. The van der Waals surface area contributed by atoms with Gasteiger partial charge in [0, 0.05) is 16.1 Å². The number of halogens is 2. The lowest BCUT2D eigenvalue weighted by molar-refractivity contribution is -0.184. The number of amides is 1. The fourth-order valence-corrected chi connectivity index (χ4v) is 4.60. The summed E-state index contributed by atoms with van der Waals surface area (Å²) in [7, 11) is 0. The molecule has 1 fully saturated rings. The van der Waals surface area contributed by atoms with Gasteiger partial charge in [0.05, 0.1) is 18.6 Å². The fraction of sp³-hybridized carbons (Fsp3) is 0.417. The van der Waals surface area contributed by atoms with Gasteiger partial charge in [-0.05, 0) is 55.2 Å². The van der Waals surface area contributed by atoms with Crippen molar-refractivity contribution in [3.63, 3.8) is 0 Å². The summed E-state index contributed by atoms with van der Waals surface area (Å²) in [5.41, 5.74) is 1.53. The molecule has 32 heavy (non-hydrogen) atoms. The quantitative estimate of drug-likeness (QED) is 0.554. The highest BCUT2D eigenvalue weighted by molar-refractivity contribution is 6.30. The Labute approximate surface area is 197 Å². The molecule has 3 rings (SSSR count). The topological polar surface area (TPSA) is 87.1 Å². The van der Waals surface area contributed by atoms with Crippen molar-refractivity contribution in [3.8, 4) is 0 Å². The summed E-state index contributed by atoms with van der Waals surface area (Å²) < 4.78 is 6.15. The van der Waals surface area contributed by atoms with Gasteiger partial charge >= 0.3 is 5.97 Å². The van der Waals surface area contributed by atoms with Crippen LogP contribution < -0.4 is 0 Å². The first kappa shape index (κ1) is 24.5. The predicted molar refractivity (Wildman–Crippen MR) is 123 cm³/mol. The minimum atomic E-state index is -1.15. The monoisotopic (exact) mass is 479 g/mol. The number of hydrogen-bond acceptors (Lipinski definition) is 4. The van der Waals surface area contributed by atoms with E-state index in [4.69, 9.17) is 27.9 Å². The molecule has 1 aliphatic heterocycles. The minimum Gasteiger partial charge on any atom is -0.481 e. The van der Waals surface area contributed by atoms with E-state index in [-0.39, 0.29) is 6.04 Å². The van der Waals surface area contributed by atoms with Crippen molar-refractivity contribution < 1.29 is 24.5 Å². The summed E-state index contributed by atoms with van der Waals surface area (Å²) in [6.45, 7) is 3.61. The lowest BCUT2D eigenvalue weighted by Crippen LogP contribution is -2.55. The molecule has 1 heterocycles. The summed E-state index contributed by atoms with van der Waals surface area (Å²) in [6, 6.07) is 13.4. The van der Waals surface area contributed by atoms with E-state index in [9.17, 15) is 19.8 Å². The number of carboxylic acids is 1. The van der Waals surface area contributed by atoms with Crippen molar-refractivity contribution in [2.45, 2.75) is 63.5 Å². The summed E-state index contributed by atoms with van der Waals surface area (Å²) >= 11 is 12.3. The van der Waals surface area contributed by atoms with Crippen LogP contribution in [-0.4, -0.2) is 45.2 Å². The number of ether oxygens (including phenoxy) is 1. The highest BCUT2D eigenvalue weighted by atomic mass is 35.5. The zero-order valence-corrected chi connectivity index (χ0v) is 19.5. The molecule has 0 aromatic heterocycles. The van der Waals surface area contributed by atoms with Gasteiger partial charge in [0.15, 0.2) is 0 Å². The zero-order chi connectivity index (χ0) is 23.4. The molecule has 0 radical (unpaired) electrons. The van der Waals surface area contributed by atoms with Crippen molar-refractivity contribution in [3.05, 3.63) is 69.7 Å². The van der Waals surface area contributed by atoms with Gasteiger partial charge in [-0.1, -0.05) is 54.4 Å². The number of nitrogens with zero attached hydrogens (tertiary/aromatic N) is 1. The Kier molecular flexibility index (Phi) is 8.17. The van der Waals surface area contributed by atoms with E-state index in [1.165, 1.54) is 0 Å². The second-order valence-corrected chi connectivity index (χ2v) is 8.96. The number of carbonyl (C=O) groups is 2. The van der Waals surface area contributed by atoms with Gasteiger partial charge in [-0.3, -0.25) is 9.59 Å². The first-order valence-electron chi connectivity index (χ1n) is 10.6. The number of morpholine rings is 1. The van der Waals surface area contributed by atoms with Crippen LogP contribution in [0.2, 0.25) is 10.0 Å². The molecule has 0 saturated carbocycles. The normalized spacial score (nSPS) is 23.1. The maximum absolute atomic E-state index is 13.5. The van der Waals surface area contributed by atoms with E-state index in [0.717, 1.165) is 11.1 Å². The number of carbonyl (C=O) groups excluding carboxylic acids is 1. The Morgan fingerprint density at radius 2 is 1.81 bits per heavy atom. The molecular weight excluding hydrogens is 453 g/mol. The molecule has 0 aliphatic carbocycles. The summed E-state index contributed by atoms with van der Waals surface area (Å²) in [4.78, 5) is 26.7. The van der Waals surface area contributed by atoms with Gasteiger partial charge in [0.1, 0.15) is 12.2 Å². The smallest absolute Gasteiger partial charge is 0.306 e. The number of aliphatic hydroxyl groups excluding tert-OH is 1. The SMILES string of the molecule is CCC(C[C@@H](C)O)N1C(=O)[C@@H](CC(=O)O)O[C@H](c2cccc(Cl)c2)C1c1ccc(Cl)cc1. The van der Waals surface area contributed by atoms with E-state index in [1.807, 2.05) is 25.1 Å². The summed E-state index contributed by atoms with van der Waals surface area (Å²) in [5.74, 6) is -1.53. The number of benzene rings is 2. The summed E-state index contributed by atoms with van der Waals surface area (Å²) in [6.07, 6.45) is -1.95. The van der Waals surface area contributed by atoms with Gasteiger partial charge < -0.3 is 19.8 Å². The van der Waals surface area contributed by atoms with Crippen LogP contribution in [0.15, 0.2) is 48.5 Å². The van der Waals surface area contributed by atoms with Crippen LogP contribution in [0.4, 0.5) is 0 Å². The first-order valence-corrected chi connectivity index (χ1v) is 11.3. The van der Waals surface area contributed by atoms with E-state index in [2.05, 4.69) is 0 Å². The highest BCUT2D eigenvalue weighted by Gasteiger charge is 2.47. The van der Waals surface area contributed by atoms with Crippen molar-refractivity contribution in [2.75, 3.05) is 0 Å². The van der Waals surface area contributed by atoms with Crippen LogP contribution in [0.25, 0.3) is 0 Å². The Balaban J connectivity index is 2.17. The maximum atomic E-state index is 13.5. The molecule has 172 valence electrons. The average molecular weight is 480 g/mol. The molecule has 0 spiro atoms. The number of hydrogen-bond donors (Lipinski definition) is 2. The fourth-order valence-electron chi connectivity index (χ4n) is 4.27. The van der Waals surface area contributed by atoms with Crippen LogP contribution in [0, 0.1) is 0 Å². The van der Waals surface area contributed by atoms with Crippen LogP contribution in [0.1, 0.15) is 56.4 Å². The van der Waals surface area contributed by atoms with Gasteiger partial charge in [-0.2, -0.15) is 0 Å². The van der Waals surface area contributed by atoms with Crippen molar-refractivity contribution in [1.29, 1.82) is 0 Å². The van der Waals surface area contributed by atoms with Crippen molar-refractivity contribution in [2.24, 2.45) is 0 Å². The second kappa shape index (κ2) is 10.7. The van der Waals surface area contributed by atoms with Gasteiger partial charge in [-0.15, -0.1) is 0 Å². The maximum Gasteiger partial charge on any atom is 0.306 e. The Bertz CT molecular complexity index is 950. The van der Waals surface area contributed by atoms with Gasteiger partial charge in [0.2, 0.25) is 0 Å². The lowest BCUT2D eigenvalue weighted by Gasteiger charge is -2.48. The second-order valence-electron chi connectivity index (χ2n) is 8.09. The third kappa shape index (κ3) is 5.62. The molecular formula is C24H27Cl2NO5. The molecule has 5 atom stereocenters. The zero-order valence-electron chi connectivity index (χ0n) is 17.9. The molecule has 2 unspecified atom stereocenters. The third-order valence-electron chi connectivity index (χ3n) is 5.65. The predicted octanol–water partition coefficient (Wildman–Crippen LogP) is 5.03. The Morgan fingerprint density at radius 1 is 1.12 bits per heavy atom. The largest absolute Gasteiger partial charge is 0.481 e. The molecule has 6 nitrogen and oxygen atoms in total. The van der Waals surface area contributed by atoms with Crippen LogP contribution in [0.5, 0.6) is 0 Å². The molecule has 0 bridgehead atoms. The molecule has 2 aromatic rings. The Morgan fingerprint density at radius 3 is 2.38 bits per heavy atom. The van der Waals surface area contributed by atoms with Gasteiger partial charge in [0.25, 0.3) is 5.91 Å². The molecule has 1 amide bonds. The number of rotatable bonds is 8. The van der Waals surface area contributed by atoms with Crippen LogP contribution in [0.3, 0.4) is 0 Å². The molecule has 8 heteroatoms. The number of aliphatic hydroxyl groups is 1. The van der Waals surface area contributed by atoms with Crippen LogP contribution >= 0.6 is 23.2 Å². The van der Waals surface area contributed by atoms with E-state index < -0.39 is 42.7 Å². The van der Waals surface area contributed by atoms with E-state index in [1.54, 1.807) is 42.2 Å². The molecule has 1 saturated heterocycles. The molecule has 1 aliphatic rings. The van der Waals surface area contributed by atoms with E-state index >= 15 is 0 Å². The highest BCUT2D eigenvalue weighted by Crippen LogP contribution is 2.45. The molecule has 2 aromatic carbocycles. The van der Waals surface area contributed by atoms with Crippen molar-refractivity contribution in [1.82, 2.24) is 4.90 Å². The number of carboxylic acid groups (broad SMARTS) is 1. The summed E-state index contributed by atoms with van der Waals surface area (Å²) in [5, 5.41) is 20.6. The molecule has 2 N–H and O–H groups in total. The average Bonchev–Trinajstić information content (AvgIpc) is 2.73. The third-order valence-corrected chi connectivity index (χ3v) is 6.14. The van der Waals surface area contributed by atoms with Crippen molar-refractivity contribution >= 4 is 35.1 Å². The lowest BCUT2D eigenvalue weighted by atomic mass is 9.88. The Hall–Kier alpha value is -2.12. The minimum absolute atomic E-state index is 0.315. The first-order chi connectivity index (χ1) is 15.2. The standard InChI is InChI=1S/C24H27Cl2NO5/c1-3-19(11-14(2)28)27-22(15-7-9-17(25)10-8-15)23(16-5-4-6-18(26)12-16)32-20(24(27)31)13-21(29)30/h4-10,12,14,19-20,22-23,28H,3,11,13H2,1-2H3,(H,29,30)/t14-,19?,20-,22?,23-/m1/s1. The van der Waals surface area contributed by atoms with E-state index in [0.29, 0.717) is 22.9 Å².